The molecule has 0 radical (unpaired) electrons. The third kappa shape index (κ3) is 4.81. The summed E-state index contributed by atoms with van der Waals surface area (Å²) in [5, 5.41) is 4.78. The van der Waals surface area contributed by atoms with Crippen LogP contribution in [0.4, 0.5) is 0 Å². The molecule has 0 atom stereocenters. The highest BCUT2D eigenvalue weighted by Gasteiger charge is 2.14. The fourth-order valence-corrected chi connectivity index (χ4v) is 3.81. The van der Waals surface area contributed by atoms with Crippen molar-refractivity contribution in [1.29, 1.82) is 0 Å². The van der Waals surface area contributed by atoms with E-state index in [1.54, 1.807) is 31.2 Å². The third-order valence-electron chi connectivity index (χ3n) is 4.11. The van der Waals surface area contributed by atoms with Gasteiger partial charge < -0.3 is 14.2 Å². The van der Waals surface area contributed by atoms with Gasteiger partial charge in [0, 0.05) is 4.47 Å². The van der Waals surface area contributed by atoms with Gasteiger partial charge in [-0.25, -0.2) is 9.78 Å². The van der Waals surface area contributed by atoms with E-state index in [9.17, 15) is 9.59 Å². The minimum atomic E-state index is -0.496. The van der Waals surface area contributed by atoms with Crippen LogP contribution in [0.25, 0.3) is 10.9 Å². The highest BCUT2D eigenvalue weighted by Crippen LogP contribution is 2.33. The molecule has 0 fully saturated rings. The Morgan fingerprint density at radius 3 is 2.77 bits per heavy atom. The zero-order valence-corrected chi connectivity index (χ0v) is 20.1. The summed E-state index contributed by atoms with van der Waals surface area (Å²) in [6.07, 6.45) is 1.54. The number of aromatic nitrogens is 2. The minimum Gasteiger partial charge on any atom is -0.493 e. The first-order chi connectivity index (χ1) is 14.3. The number of carbonyl (C=O) groups excluding carboxylic acids is 1. The Morgan fingerprint density at radius 2 is 2.07 bits per heavy atom. The number of nitrogens with zero attached hydrogens (tertiary/aromatic N) is 3. The van der Waals surface area contributed by atoms with Crippen LogP contribution in [0.5, 0.6) is 11.5 Å². The quantitative estimate of drug-likeness (QED) is 0.250. The summed E-state index contributed by atoms with van der Waals surface area (Å²) in [6.45, 7) is 1.48. The number of halogens is 2. The molecule has 0 aliphatic heterocycles. The average Bonchev–Trinajstić information content (AvgIpc) is 2.72. The molecule has 0 aliphatic rings. The van der Waals surface area contributed by atoms with Gasteiger partial charge in [-0.05, 0) is 65.4 Å². The number of methoxy groups -OCH3 is 2. The predicted molar refractivity (Wildman–Crippen MR) is 125 cm³/mol. The van der Waals surface area contributed by atoms with Gasteiger partial charge >= 0.3 is 5.97 Å². The average molecular weight is 586 g/mol. The van der Waals surface area contributed by atoms with E-state index in [1.807, 2.05) is 6.07 Å². The summed E-state index contributed by atoms with van der Waals surface area (Å²) >= 11 is 5.44. The number of aryl methyl sites for hydroxylation is 1. The number of fused-ring (bicyclic) bond motifs is 1. The van der Waals surface area contributed by atoms with Crippen LogP contribution in [0.2, 0.25) is 0 Å². The molecular formula is C20H17BrIN3O5. The molecule has 0 N–H and O–H groups in total. The molecule has 2 aromatic carbocycles. The molecule has 0 unspecified atom stereocenters. The molecule has 0 bridgehead atoms. The third-order valence-corrected chi connectivity index (χ3v) is 5.40. The van der Waals surface area contributed by atoms with Gasteiger partial charge in [0.25, 0.3) is 5.56 Å². The minimum absolute atomic E-state index is 0.233. The number of benzene rings is 2. The lowest BCUT2D eigenvalue weighted by molar-refractivity contribution is -0.142. The smallest absolute Gasteiger partial charge is 0.343 e. The van der Waals surface area contributed by atoms with E-state index >= 15 is 0 Å². The van der Waals surface area contributed by atoms with Crippen molar-refractivity contribution in [1.82, 2.24) is 9.66 Å². The van der Waals surface area contributed by atoms with Crippen LogP contribution < -0.4 is 15.0 Å². The first-order valence-electron chi connectivity index (χ1n) is 8.64. The van der Waals surface area contributed by atoms with Crippen molar-refractivity contribution in [2.45, 2.75) is 6.92 Å². The fraction of sp³-hybridized carbons (Fsp3) is 0.200. The summed E-state index contributed by atoms with van der Waals surface area (Å²) in [5.41, 5.74) is 1.02. The molecule has 0 spiro atoms. The lowest BCUT2D eigenvalue weighted by Crippen LogP contribution is -2.20. The first kappa shape index (κ1) is 22.2. The van der Waals surface area contributed by atoms with E-state index in [2.05, 4.69) is 53.3 Å². The van der Waals surface area contributed by atoms with Gasteiger partial charge in [-0.2, -0.15) is 9.78 Å². The second-order valence-corrected chi connectivity index (χ2v) is 8.16. The molecule has 10 heteroatoms. The summed E-state index contributed by atoms with van der Waals surface area (Å²) in [5.74, 6) is 0.817. The van der Waals surface area contributed by atoms with Crippen molar-refractivity contribution in [3.8, 4) is 11.5 Å². The Hall–Kier alpha value is -2.47. The highest BCUT2D eigenvalue weighted by atomic mass is 127. The van der Waals surface area contributed by atoms with Gasteiger partial charge in [-0.1, -0.05) is 15.9 Å². The van der Waals surface area contributed by atoms with Gasteiger partial charge in [0.2, 0.25) is 0 Å². The zero-order chi connectivity index (χ0) is 21.8. The van der Waals surface area contributed by atoms with Crippen LogP contribution in [0.15, 0.2) is 44.7 Å². The van der Waals surface area contributed by atoms with Crippen LogP contribution in [0, 0.1) is 10.5 Å². The largest absolute Gasteiger partial charge is 0.493 e. The van der Waals surface area contributed by atoms with E-state index < -0.39 is 5.97 Å². The van der Waals surface area contributed by atoms with Gasteiger partial charge in [-0.15, -0.1) is 0 Å². The molecule has 0 saturated heterocycles. The summed E-state index contributed by atoms with van der Waals surface area (Å²) < 4.78 is 18.2. The van der Waals surface area contributed by atoms with Crippen molar-refractivity contribution in [3.63, 3.8) is 0 Å². The number of hydrogen-bond donors (Lipinski definition) is 0. The van der Waals surface area contributed by atoms with Gasteiger partial charge in [-0.3, -0.25) is 4.79 Å². The Bertz CT molecular complexity index is 1210. The van der Waals surface area contributed by atoms with Crippen LogP contribution in [-0.4, -0.2) is 42.7 Å². The maximum absolute atomic E-state index is 12.8. The molecule has 156 valence electrons. The number of rotatable bonds is 6. The van der Waals surface area contributed by atoms with Gasteiger partial charge in [0.05, 0.1) is 34.9 Å². The SMILES string of the molecule is COC(=O)COc1c(I)cc(C=Nn2c(C)nc3ccc(Br)cc3c2=O)cc1OC. The number of esters is 1. The molecule has 0 saturated carbocycles. The monoisotopic (exact) mass is 585 g/mol. The van der Waals surface area contributed by atoms with Crippen molar-refractivity contribution in [2.75, 3.05) is 20.8 Å². The van der Waals surface area contributed by atoms with Crippen LogP contribution >= 0.6 is 38.5 Å². The zero-order valence-electron chi connectivity index (χ0n) is 16.3. The first-order valence-corrected chi connectivity index (χ1v) is 10.5. The van der Waals surface area contributed by atoms with Crippen molar-refractivity contribution < 1.29 is 19.0 Å². The van der Waals surface area contributed by atoms with E-state index in [0.29, 0.717) is 37.4 Å². The summed E-state index contributed by atoms with van der Waals surface area (Å²) in [6, 6.07) is 8.83. The standard InChI is InChI=1S/C20H17BrIN3O5/c1-11-24-16-5-4-13(21)8-14(16)20(27)25(11)23-9-12-6-15(22)19(17(7-12)28-2)30-10-18(26)29-3/h4-9H,10H2,1-3H3. The van der Waals surface area contributed by atoms with E-state index in [-0.39, 0.29) is 12.2 Å². The maximum Gasteiger partial charge on any atom is 0.343 e. The Balaban J connectivity index is 1.97. The normalized spacial score (nSPS) is 11.1. The Kier molecular flexibility index (Phi) is 7.08. The molecule has 30 heavy (non-hydrogen) atoms. The van der Waals surface area contributed by atoms with E-state index in [0.717, 1.165) is 4.47 Å². The molecule has 1 aromatic heterocycles. The predicted octanol–water partition coefficient (Wildman–Crippen LogP) is 3.51. The second-order valence-electron chi connectivity index (χ2n) is 6.08. The van der Waals surface area contributed by atoms with Gasteiger partial charge in [0.15, 0.2) is 18.1 Å². The second kappa shape index (κ2) is 9.56. The lowest BCUT2D eigenvalue weighted by Gasteiger charge is -2.12. The molecule has 8 nitrogen and oxygen atoms in total. The van der Waals surface area contributed by atoms with Crippen LogP contribution in [0.3, 0.4) is 0 Å². The van der Waals surface area contributed by atoms with Crippen molar-refractivity contribution in [2.24, 2.45) is 5.10 Å². The molecule has 0 amide bonds. The van der Waals surface area contributed by atoms with E-state index in [4.69, 9.17) is 9.47 Å². The van der Waals surface area contributed by atoms with E-state index in [1.165, 1.54) is 25.1 Å². The Morgan fingerprint density at radius 1 is 1.30 bits per heavy atom. The fourth-order valence-electron chi connectivity index (χ4n) is 2.66. The molecule has 1 heterocycles. The summed E-state index contributed by atoms with van der Waals surface area (Å²) in [7, 11) is 2.79. The molecule has 0 aliphatic carbocycles. The number of carbonyl (C=O) groups is 1. The lowest BCUT2D eigenvalue weighted by atomic mass is 10.2. The molecular weight excluding hydrogens is 569 g/mol. The maximum atomic E-state index is 12.8. The van der Waals surface area contributed by atoms with Crippen molar-refractivity contribution in [3.05, 3.63) is 60.1 Å². The van der Waals surface area contributed by atoms with Crippen LogP contribution in [0.1, 0.15) is 11.4 Å². The summed E-state index contributed by atoms with van der Waals surface area (Å²) in [4.78, 5) is 28.6. The van der Waals surface area contributed by atoms with Crippen LogP contribution in [-0.2, 0) is 9.53 Å². The van der Waals surface area contributed by atoms with Crippen molar-refractivity contribution >= 4 is 61.6 Å². The number of hydrogen-bond acceptors (Lipinski definition) is 7. The molecule has 3 aromatic rings. The number of ether oxygens (including phenoxy) is 3. The Labute approximate surface area is 194 Å². The topological polar surface area (TPSA) is 92.0 Å². The highest BCUT2D eigenvalue weighted by molar-refractivity contribution is 14.1. The van der Waals surface area contributed by atoms with Gasteiger partial charge in [0.1, 0.15) is 5.82 Å². The molecule has 3 rings (SSSR count).